The molecule has 0 aliphatic heterocycles. The number of hydrogen-bond acceptors (Lipinski definition) is 4. The van der Waals surface area contributed by atoms with E-state index in [1.54, 1.807) is 12.1 Å². The summed E-state index contributed by atoms with van der Waals surface area (Å²) in [5.74, 6) is -1.27. The van der Waals surface area contributed by atoms with E-state index in [4.69, 9.17) is 10.2 Å². The van der Waals surface area contributed by atoms with Gasteiger partial charge in [-0.1, -0.05) is 12.1 Å². The van der Waals surface area contributed by atoms with Crippen molar-refractivity contribution in [3.05, 3.63) is 29.8 Å². The fourth-order valence-electron chi connectivity index (χ4n) is 1.51. The zero-order chi connectivity index (χ0) is 14.3. The minimum absolute atomic E-state index is 0.0672. The molecule has 0 aliphatic rings. The number of carboxylic acids is 1. The summed E-state index contributed by atoms with van der Waals surface area (Å²) < 4.78 is 0. The number of benzene rings is 1. The minimum atomic E-state index is -1.01. The largest absolute Gasteiger partial charge is 0.508 e. The molecule has 3 N–H and O–H groups in total. The summed E-state index contributed by atoms with van der Waals surface area (Å²) in [6, 6.07) is 5.33. The van der Waals surface area contributed by atoms with E-state index in [9.17, 15) is 14.4 Å². The van der Waals surface area contributed by atoms with Gasteiger partial charge in [-0.15, -0.1) is 0 Å². The highest BCUT2D eigenvalue weighted by Crippen LogP contribution is 2.10. The molecule has 0 radical (unpaired) electrons. The van der Waals surface area contributed by atoms with Gasteiger partial charge in [-0.05, 0) is 24.1 Å². The summed E-state index contributed by atoms with van der Waals surface area (Å²) in [4.78, 5) is 32.7. The van der Waals surface area contributed by atoms with Crippen molar-refractivity contribution < 1.29 is 24.6 Å². The summed E-state index contributed by atoms with van der Waals surface area (Å²) in [7, 11) is 0. The fraction of sp³-hybridized carbons (Fsp3) is 0.308. The van der Waals surface area contributed by atoms with Gasteiger partial charge in [0.15, 0.2) is 0 Å². The Bertz CT molecular complexity index is 455. The molecule has 0 bridgehead atoms. The van der Waals surface area contributed by atoms with Crippen LogP contribution in [-0.2, 0) is 20.8 Å². The number of hydrogen-bond donors (Lipinski definition) is 3. The number of carbonyl (C=O) groups excluding carboxylic acids is 2. The first-order valence-electron chi connectivity index (χ1n) is 5.75. The number of phenolic OH excluding ortho intramolecular Hbond substituents is 1. The molecule has 0 saturated carbocycles. The van der Waals surface area contributed by atoms with Crippen molar-refractivity contribution in [3.63, 3.8) is 0 Å². The molecule has 6 nitrogen and oxygen atoms in total. The van der Waals surface area contributed by atoms with E-state index >= 15 is 0 Å². The monoisotopic (exact) mass is 265 g/mol. The quantitative estimate of drug-likeness (QED) is 0.622. The van der Waals surface area contributed by atoms with Crippen LogP contribution in [0.25, 0.3) is 0 Å². The average Bonchev–Trinajstić information content (AvgIpc) is 2.37. The average molecular weight is 265 g/mol. The van der Waals surface area contributed by atoms with Gasteiger partial charge in [-0.25, -0.2) is 0 Å². The molecular formula is C13H15NO5. The molecular weight excluding hydrogens is 250 g/mol. The highest BCUT2D eigenvalue weighted by molar-refractivity contribution is 5.81. The number of rotatable bonds is 7. The number of nitrogens with one attached hydrogen (secondary N) is 1. The Labute approximate surface area is 110 Å². The van der Waals surface area contributed by atoms with Crippen LogP contribution < -0.4 is 5.32 Å². The van der Waals surface area contributed by atoms with Crippen LogP contribution in [0.15, 0.2) is 24.3 Å². The van der Waals surface area contributed by atoms with E-state index in [-0.39, 0.29) is 30.9 Å². The molecule has 6 heteroatoms. The lowest BCUT2D eigenvalue weighted by atomic mass is 10.1. The number of amides is 1. The van der Waals surface area contributed by atoms with Crippen LogP contribution in [0.4, 0.5) is 0 Å². The van der Waals surface area contributed by atoms with Crippen molar-refractivity contribution in [2.24, 2.45) is 0 Å². The predicted octanol–water partition coefficient (Wildman–Crippen LogP) is 0.483. The lowest BCUT2D eigenvalue weighted by Gasteiger charge is -2.11. The van der Waals surface area contributed by atoms with Gasteiger partial charge >= 0.3 is 5.97 Å². The number of carbonyl (C=O) groups is 3. The molecule has 0 unspecified atom stereocenters. The van der Waals surface area contributed by atoms with E-state index in [1.165, 1.54) is 12.1 Å². The molecule has 0 spiro atoms. The lowest BCUT2D eigenvalue weighted by Crippen LogP contribution is -2.37. The van der Waals surface area contributed by atoms with Gasteiger partial charge in [-0.2, -0.15) is 0 Å². The van der Waals surface area contributed by atoms with Gasteiger partial charge in [0.25, 0.3) is 0 Å². The molecule has 1 atom stereocenters. The van der Waals surface area contributed by atoms with Crippen LogP contribution in [-0.4, -0.2) is 34.4 Å². The van der Waals surface area contributed by atoms with Crippen molar-refractivity contribution in [2.75, 3.05) is 0 Å². The Kier molecular flexibility index (Phi) is 5.53. The summed E-state index contributed by atoms with van der Waals surface area (Å²) in [6.45, 7) is 0. The molecule has 1 amide bonds. The minimum Gasteiger partial charge on any atom is -0.508 e. The Morgan fingerprint density at radius 2 is 1.89 bits per heavy atom. The smallest absolute Gasteiger partial charge is 0.303 e. The highest BCUT2D eigenvalue weighted by Gasteiger charge is 2.13. The third-order valence-corrected chi connectivity index (χ3v) is 2.48. The third-order valence-electron chi connectivity index (χ3n) is 2.48. The normalized spacial score (nSPS) is 11.6. The Balaban J connectivity index is 2.46. The van der Waals surface area contributed by atoms with Gasteiger partial charge in [0.1, 0.15) is 12.0 Å². The van der Waals surface area contributed by atoms with E-state index in [2.05, 4.69) is 5.32 Å². The number of aliphatic carboxylic acids is 1. The Hall–Kier alpha value is -2.37. The zero-order valence-electron chi connectivity index (χ0n) is 10.2. The summed E-state index contributed by atoms with van der Waals surface area (Å²) in [5, 5.41) is 20.0. The SMILES string of the molecule is O=C[C@H](CCC(=O)O)NC(=O)Cc1ccc(O)cc1. The van der Waals surface area contributed by atoms with Crippen LogP contribution in [0.1, 0.15) is 18.4 Å². The van der Waals surface area contributed by atoms with Gasteiger partial charge in [0.05, 0.1) is 12.5 Å². The molecule has 0 aromatic heterocycles. The zero-order valence-corrected chi connectivity index (χ0v) is 10.2. The molecule has 1 rings (SSSR count). The molecule has 102 valence electrons. The fourth-order valence-corrected chi connectivity index (χ4v) is 1.51. The Morgan fingerprint density at radius 1 is 1.26 bits per heavy atom. The molecule has 1 aromatic carbocycles. The van der Waals surface area contributed by atoms with E-state index in [1.807, 2.05) is 0 Å². The van der Waals surface area contributed by atoms with Gasteiger partial charge in [0, 0.05) is 6.42 Å². The van der Waals surface area contributed by atoms with E-state index in [0.717, 1.165) is 0 Å². The number of aromatic hydroxyl groups is 1. The van der Waals surface area contributed by atoms with Gasteiger partial charge in [0.2, 0.25) is 5.91 Å². The first-order chi connectivity index (χ1) is 9.01. The summed E-state index contributed by atoms with van der Waals surface area (Å²) in [6.07, 6.45) is 0.485. The standard InChI is InChI=1S/C13H15NO5/c15-8-10(3-6-13(18)19)14-12(17)7-9-1-4-11(16)5-2-9/h1-2,4-5,8,10,16H,3,6-7H2,(H,14,17)(H,18,19)/t10-/m0/s1. The van der Waals surface area contributed by atoms with Crippen LogP contribution in [0.2, 0.25) is 0 Å². The molecule has 0 heterocycles. The summed E-state index contributed by atoms with van der Waals surface area (Å²) >= 11 is 0. The van der Waals surface area contributed by atoms with Crippen LogP contribution in [0.5, 0.6) is 5.75 Å². The van der Waals surface area contributed by atoms with Crippen molar-refractivity contribution in [3.8, 4) is 5.75 Å². The molecule has 0 saturated heterocycles. The van der Waals surface area contributed by atoms with E-state index < -0.39 is 12.0 Å². The number of phenols is 1. The van der Waals surface area contributed by atoms with Crippen molar-refractivity contribution in [2.45, 2.75) is 25.3 Å². The first kappa shape index (κ1) is 14.7. The van der Waals surface area contributed by atoms with Crippen molar-refractivity contribution in [1.29, 1.82) is 0 Å². The second kappa shape index (κ2) is 7.15. The maximum absolute atomic E-state index is 11.6. The van der Waals surface area contributed by atoms with Crippen LogP contribution >= 0.6 is 0 Å². The second-order valence-electron chi connectivity index (χ2n) is 4.09. The maximum atomic E-state index is 11.6. The highest BCUT2D eigenvalue weighted by atomic mass is 16.4. The molecule has 1 aromatic rings. The molecule has 19 heavy (non-hydrogen) atoms. The topological polar surface area (TPSA) is 104 Å². The lowest BCUT2D eigenvalue weighted by molar-refractivity contribution is -0.137. The predicted molar refractivity (Wildman–Crippen MR) is 66.7 cm³/mol. The third kappa shape index (κ3) is 5.67. The van der Waals surface area contributed by atoms with Crippen molar-refractivity contribution >= 4 is 18.2 Å². The van der Waals surface area contributed by atoms with Crippen LogP contribution in [0.3, 0.4) is 0 Å². The van der Waals surface area contributed by atoms with E-state index in [0.29, 0.717) is 11.8 Å². The second-order valence-corrected chi connectivity index (χ2v) is 4.09. The van der Waals surface area contributed by atoms with Crippen LogP contribution in [0, 0.1) is 0 Å². The van der Waals surface area contributed by atoms with Gasteiger partial charge < -0.3 is 20.3 Å². The van der Waals surface area contributed by atoms with Gasteiger partial charge in [-0.3, -0.25) is 9.59 Å². The number of carboxylic acid groups (broad SMARTS) is 1. The maximum Gasteiger partial charge on any atom is 0.303 e. The Morgan fingerprint density at radius 3 is 2.42 bits per heavy atom. The number of aldehydes is 1. The molecule has 0 fully saturated rings. The first-order valence-corrected chi connectivity index (χ1v) is 5.75. The van der Waals surface area contributed by atoms with Crippen molar-refractivity contribution in [1.82, 2.24) is 5.32 Å². The summed E-state index contributed by atoms with van der Waals surface area (Å²) in [5.41, 5.74) is 0.693. The molecule has 0 aliphatic carbocycles.